The van der Waals surface area contributed by atoms with E-state index in [9.17, 15) is 9.59 Å². The Labute approximate surface area is 138 Å². The highest BCUT2D eigenvalue weighted by Gasteiger charge is 2.17. The zero-order valence-corrected chi connectivity index (χ0v) is 14.2. The summed E-state index contributed by atoms with van der Waals surface area (Å²) in [5.74, 6) is 0.139. The molecular formula is C18H27N3O2. The number of urea groups is 1. The van der Waals surface area contributed by atoms with E-state index in [1.54, 1.807) is 11.9 Å². The van der Waals surface area contributed by atoms with Crippen molar-refractivity contribution in [3.8, 4) is 0 Å². The standard InChI is InChI=1S/C18H27N3O2/c1-3-15-6-8-16(9-7-15)14-20(2)18(23)19-11-10-17(22)21-12-4-5-13-21/h6-9H,3-5,10-14H2,1-2H3,(H,19,23). The van der Waals surface area contributed by atoms with Crippen molar-refractivity contribution < 1.29 is 9.59 Å². The summed E-state index contributed by atoms with van der Waals surface area (Å²) in [6.45, 7) is 4.81. The fourth-order valence-corrected chi connectivity index (χ4v) is 2.76. The molecular weight excluding hydrogens is 290 g/mol. The lowest BCUT2D eigenvalue weighted by Crippen LogP contribution is -2.39. The Morgan fingerprint density at radius 2 is 1.74 bits per heavy atom. The molecule has 0 atom stereocenters. The van der Waals surface area contributed by atoms with Gasteiger partial charge in [-0.3, -0.25) is 4.79 Å². The third-order valence-corrected chi connectivity index (χ3v) is 4.27. The number of carbonyl (C=O) groups excluding carboxylic acids is 2. The van der Waals surface area contributed by atoms with Crippen LogP contribution in [0, 0.1) is 0 Å². The number of likely N-dealkylation sites (tertiary alicyclic amines) is 1. The number of carbonyl (C=O) groups is 2. The van der Waals surface area contributed by atoms with E-state index in [4.69, 9.17) is 0 Å². The lowest BCUT2D eigenvalue weighted by atomic mass is 10.1. The van der Waals surface area contributed by atoms with Crippen LogP contribution < -0.4 is 5.32 Å². The molecule has 0 spiro atoms. The maximum absolute atomic E-state index is 12.1. The molecule has 0 unspecified atom stereocenters. The van der Waals surface area contributed by atoms with Gasteiger partial charge in [-0.2, -0.15) is 0 Å². The zero-order chi connectivity index (χ0) is 16.7. The Morgan fingerprint density at radius 3 is 2.35 bits per heavy atom. The number of nitrogens with zero attached hydrogens (tertiary/aromatic N) is 2. The SMILES string of the molecule is CCc1ccc(CN(C)C(=O)NCCC(=O)N2CCCC2)cc1. The van der Waals surface area contributed by atoms with Gasteiger partial charge in [0.2, 0.25) is 5.91 Å². The van der Waals surface area contributed by atoms with Crippen LogP contribution in [0.2, 0.25) is 0 Å². The average molecular weight is 317 g/mol. The summed E-state index contributed by atoms with van der Waals surface area (Å²) in [4.78, 5) is 27.5. The normalized spacial score (nSPS) is 13.9. The molecule has 5 nitrogen and oxygen atoms in total. The number of amides is 3. The molecule has 0 radical (unpaired) electrons. The van der Waals surface area contributed by atoms with Crippen LogP contribution in [0.25, 0.3) is 0 Å². The number of rotatable bonds is 6. The second-order valence-corrected chi connectivity index (χ2v) is 6.10. The molecule has 0 saturated carbocycles. The van der Waals surface area contributed by atoms with Gasteiger partial charge in [0.15, 0.2) is 0 Å². The van der Waals surface area contributed by atoms with Gasteiger partial charge >= 0.3 is 6.03 Å². The van der Waals surface area contributed by atoms with Crippen molar-refractivity contribution in [2.24, 2.45) is 0 Å². The molecule has 1 heterocycles. The summed E-state index contributed by atoms with van der Waals surface area (Å²) in [6.07, 6.45) is 3.59. The van der Waals surface area contributed by atoms with Crippen molar-refractivity contribution in [3.05, 3.63) is 35.4 Å². The first kappa shape index (κ1) is 17.3. The van der Waals surface area contributed by atoms with Crippen LogP contribution in [-0.4, -0.2) is 48.4 Å². The number of aryl methyl sites for hydroxylation is 1. The highest BCUT2D eigenvalue weighted by atomic mass is 16.2. The van der Waals surface area contributed by atoms with Gasteiger partial charge in [-0.1, -0.05) is 31.2 Å². The summed E-state index contributed by atoms with van der Waals surface area (Å²) in [5, 5.41) is 2.82. The van der Waals surface area contributed by atoms with Crippen molar-refractivity contribution in [2.45, 2.75) is 39.2 Å². The number of hydrogen-bond acceptors (Lipinski definition) is 2. The lowest BCUT2D eigenvalue weighted by Gasteiger charge is -2.19. The van der Waals surface area contributed by atoms with E-state index in [2.05, 4.69) is 36.5 Å². The van der Waals surface area contributed by atoms with Gasteiger partial charge in [0.05, 0.1) is 0 Å². The molecule has 1 aromatic carbocycles. The quantitative estimate of drug-likeness (QED) is 0.876. The minimum absolute atomic E-state index is 0.139. The van der Waals surface area contributed by atoms with Crippen molar-refractivity contribution in [1.82, 2.24) is 15.1 Å². The van der Waals surface area contributed by atoms with Crippen LogP contribution in [0.3, 0.4) is 0 Å². The highest BCUT2D eigenvalue weighted by molar-refractivity contribution is 5.78. The van der Waals surface area contributed by atoms with Gasteiger partial charge in [-0.05, 0) is 30.4 Å². The summed E-state index contributed by atoms with van der Waals surface area (Å²) in [6, 6.07) is 8.16. The predicted octanol–water partition coefficient (Wildman–Crippen LogP) is 2.40. The minimum Gasteiger partial charge on any atom is -0.343 e. The first-order valence-corrected chi connectivity index (χ1v) is 8.44. The van der Waals surface area contributed by atoms with Crippen LogP contribution in [0.4, 0.5) is 4.79 Å². The summed E-state index contributed by atoms with van der Waals surface area (Å²) in [7, 11) is 1.77. The third-order valence-electron chi connectivity index (χ3n) is 4.27. The Balaban J connectivity index is 1.70. The van der Waals surface area contributed by atoms with Gasteiger partial charge < -0.3 is 15.1 Å². The Hall–Kier alpha value is -2.04. The van der Waals surface area contributed by atoms with Gasteiger partial charge in [0.25, 0.3) is 0 Å². The topological polar surface area (TPSA) is 52.7 Å². The molecule has 1 aromatic rings. The number of hydrogen-bond donors (Lipinski definition) is 1. The van der Waals surface area contributed by atoms with Crippen LogP contribution >= 0.6 is 0 Å². The number of benzene rings is 1. The maximum atomic E-state index is 12.1. The molecule has 1 saturated heterocycles. The van der Waals surface area contributed by atoms with Gasteiger partial charge in [-0.15, -0.1) is 0 Å². The van der Waals surface area contributed by atoms with Crippen LogP contribution in [0.1, 0.15) is 37.3 Å². The first-order chi connectivity index (χ1) is 11.1. The second-order valence-electron chi connectivity index (χ2n) is 6.10. The van der Waals surface area contributed by atoms with E-state index in [0.29, 0.717) is 19.5 Å². The van der Waals surface area contributed by atoms with Gasteiger partial charge in [0.1, 0.15) is 0 Å². The Kier molecular flexibility index (Phi) is 6.44. The fourth-order valence-electron chi connectivity index (χ4n) is 2.76. The second kappa shape index (κ2) is 8.56. The fraction of sp³-hybridized carbons (Fsp3) is 0.556. The smallest absolute Gasteiger partial charge is 0.317 e. The van der Waals surface area contributed by atoms with Crippen molar-refractivity contribution >= 4 is 11.9 Å². The first-order valence-electron chi connectivity index (χ1n) is 8.44. The molecule has 1 aliphatic rings. The maximum Gasteiger partial charge on any atom is 0.317 e. The summed E-state index contributed by atoms with van der Waals surface area (Å²) < 4.78 is 0. The average Bonchev–Trinajstić information content (AvgIpc) is 3.10. The largest absolute Gasteiger partial charge is 0.343 e. The van der Waals surface area contributed by atoms with E-state index in [0.717, 1.165) is 37.9 Å². The molecule has 2 rings (SSSR count). The van der Waals surface area contributed by atoms with Crippen molar-refractivity contribution in [3.63, 3.8) is 0 Å². The van der Waals surface area contributed by atoms with Crippen LogP contribution in [-0.2, 0) is 17.8 Å². The van der Waals surface area contributed by atoms with Crippen LogP contribution in [0.15, 0.2) is 24.3 Å². The molecule has 3 amide bonds. The van der Waals surface area contributed by atoms with E-state index >= 15 is 0 Å². The van der Waals surface area contributed by atoms with E-state index in [1.807, 2.05) is 4.90 Å². The molecule has 0 aliphatic carbocycles. The highest BCUT2D eigenvalue weighted by Crippen LogP contribution is 2.09. The molecule has 126 valence electrons. The molecule has 1 aliphatic heterocycles. The van der Waals surface area contributed by atoms with E-state index in [1.165, 1.54) is 5.56 Å². The third kappa shape index (κ3) is 5.27. The monoisotopic (exact) mass is 317 g/mol. The zero-order valence-electron chi connectivity index (χ0n) is 14.2. The van der Waals surface area contributed by atoms with Gasteiger partial charge in [-0.25, -0.2) is 4.79 Å². The molecule has 1 fully saturated rings. The summed E-state index contributed by atoms with van der Waals surface area (Å²) in [5.41, 5.74) is 2.40. The Bertz CT molecular complexity index is 522. The number of nitrogens with one attached hydrogen (secondary N) is 1. The molecule has 0 aromatic heterocycles. The van der Waals surface area contributed by atoms with Gasteiger partial charge in [0, 0.05) is 39.6 Å². The molecule has 0 bridgehead atoms. The van der Waals surface area contributed by atoms with Crippen molar-refractivity contribution in [1.29, 1.82) is 0 Å². The van der Waals surface area contributed by atoms with E-state index in [-0.39, 0.29) is 11.9 Å². The molecule has 1 N–H and O–H groups in total. The van der Waals surface area contributed by atoms with Crippen LogP contribution in [0.5, 0.6) is 0 Å². The lowest BCUT2D eigenvalue weighted by molar-refractivity contribution is -0.129. The predicted molar refractivity (Wildman–Crippen MR) is 91.1 cm³/mol. The van der Waals surface area contributed by atoms with E-state index < -0.39 is 0 Å². The minimum atomic E-state index is -0.140. The molecule has 23 heavy (non-hydrogen) atoms. The molecule has 5 heteroatoms. The Morgan fingerprint density at radius 1 is 1.13 bits per heavy atom. The summed E-state index contributed by atoms with van der Waals surface area (Å²) >= 11 is 0. The van der Waals surface area contributed by atoms with Crippen molar-refractivity contribution in [2.75, 3.05) is 26.7 Å².